The number of hydrogen-bond donors (Lipinski definition) is 7. The number of hydrogen-bond acceptors (Lipinski definition) is 12. The fourth-order valence-electron chi connectivity index (χ4n) is 8.60. The number of carbonyl (C=O) groups is 6. The quantitative estimate of drug-likeness (QED) is 0.0569. The molecule has 5 amide bonds. The van der Waals surface area contributed by atoms with Crippen molar-refractivity contribution < 1.29 is 47.7 Å². The topological polar surface area (TPSA) is 262 Å². The Bertz CT molecular complexity index is 2580. The maximum Gasteiger partial charge on any atom is 0.340 e. The van der Waals surface area contributed by atoms with Crippen molar-refractivity contribution in [2.75, 3.05) is 26.4 Å². The molecule has 0 bridgehead atoms. The Morgan fingerprint density at radius 3 is 2.52 bits per heavy atom. The van der Waals surface area contributed by atoms with Crippen LogP contribution in [0.2, 0.25) is 0 Å². The summed E-state index contributed by atoms with van der Waals surface area (Å²) in [5, 5.41) is 24.5. The van der Waals surface area contributed by atoms with Crippen molar-refractivity contribution in [3.63, 3.8) is 0 Å². The van der Waals surface area contributed by atoms with Crippen molar-refractivity contribution >= 4 is 46.4 Å². The average Bonchev–Trinajstić information content (AvgIpc) is 3.62. The summed E-state index contributed by atoms with van der Waals surface area (Å²) in [5.41, 5.74) is 9.81. The fraction of sp³-hybridized carbons (Fsp3) is 0.395. The van der Waals surface area contributed by atoms with Crippen molar-refractivity contribution in [2.45, 2.75) is 76.5 Å². The maximum atomic E-state index is 15.2. The van der Waals surface area contributed by atoms with Crippen LogP contribution in [0.3, 0.4) is 0 Å². The molecule has 2 aliphatic carbocycles. The molecular formula is C43H45FN8O10. The zero-order valence-electron chi connectivity index (χ0n) is 33.7. The van der Waals surface area contributed by atoms with Crippen LogP contribution in [0.25, 0.3) is 22.3 Å². The molecule has 8 N–H and O–H groups in total. The van der Waals surface area contributed by atoms with Crippen molar-refractivity contribution in [3.05, 3.63) is 97.6 Å². The van der Waals surface area contributed by atoms with E-state index in [1.807, 2.05) is 6.07 Å². The number of esters is 1. The van der Waals surface area contributed by atoms with Crippen molar-refractivity contribution in [3.8, 4) is 11.4 Å². The fourth-order valence-corrected chi connectivity index (χ4v) is 8.60. The lowest BCUT2D eigenvalue weighted by molar-refractivity contribution is -0.157. The van der Waals surface area contributed by atoms with Gasteiger partial charge in [0, 0.05) is 34.9 Å². The number of benzene rings is 2. The van der Waals surface area contributed by atoms with E-state index in [0.717, 1.165) is 22.1 Å². The molecule has 1 fully saturated rings. The molecule has 1 saturated carbocycles. The molecule has 2 aliphatic heterocycles. The van der Waals surface area contributed by atoms with Crippen molar-refractivity contribution in [2.24, 2.45) is 11.7 Å². The summed E-state index contributed by atoms with van der Waals surface area (Å²) in [4.78, 5) is 94.0. The van der Waals surface area contributed by atoms with Gasteiger partial charge in [-0.2, -0.15) is 0 Å². The Hall–Kier alpha value is -6.57. The molecule has 4 aromatic rings. The predicted molar refractivity (Wildman–Crippen MR) is 217 cm³/mol. The summed E-state index contributed by atoms with van der Waals surface area (Å²) >= 11 is 0. The first-order valence-corrected chi connectivity index (χ1v) is 20.3. The molecular weight excluding hydrogens is 808 g/mol. The molecule has 8 rings (SSSR count). The highest BCUT2D eigenvalue weighted by molar-refractivity contribution is 5.94. The van der Waals surface area contributed by atoms with Gasteiger partial charge in [-0.05, 0) is 60.9 Å². The maximum absolute atomic E-state index is 15.2. The number of nitrogens with zero attached hydrogens (tertiary/aromatic N) is 2. The lowest BCUT2D eigenvalue weighted by Gasteiger charge is -2.36. The number of nitrogens with one attached hydrogen (secondary N) is 5. The molecule has 4 heterocycles. The number of rotatable bonds is 14. The minimum Gasteiger partial charge on any atom is -0.458 e. The van der Waals surface area contributed by atoms with E-state index in [4.69, 9.17) is 20.2 Å². The lowest BCUT2D eigenvalue weighted by Crippen LogP contribution is -2.52. The minimum absolute atomic E-state index is 0.122. The van der Waals surface area contributed by atoms with E-state index in [0.29, 0.717) is 53.7 Å². The number of pyridine rings is 2. The first-order valence-electron chi connectivity index (χ1n) is 20.3. The van der Waals surface area contributed by atoms with Crippen molar-refractivity contribution in [1.82, 2.24) is 36.1 Å². The van der Waals surface area contributed by atoms with Gasteiger partial charge in [0.25, 0.3) is 5.56 Å². The summed E-state index contributed by atoms with van der Waals surface area (Å²) in [6.07, 6.45) is -0.0845. The molecule has 3 atom stereocenters. The smallest absolute Gasteiger partial charge is 0.340 e. The second-order valence-electron chi connectivity index (χ2n) is 15.9. The average molecular weight is 853 g/mol. The third-order valence-electron chi connectivity index (χ3n) is 12.0. The van der Waals surface area contributed by atoms with Crippen LogP contribution in [0.4, 0.5) is 4.39 Å². The number of aliphatic hydroxyl groups is 1. The molecule has 324 valence electrons. The van der Waals surface area contributed by atoms with Crippen LogP contribution in [0.1, 0.15) is 70.4 Å². The molecule has 0 radical (unpaired) electrons. The number of aryl methyl sites for hydroxylation is 1. The standard InChI is InChI=1S/C43H45FN8O10/c1-20-24-7-8-29(37-26-17-52-32(38(26)50-30(36(24)37)13-28(20)44)12-25-27(42(52)59)18-61-43(60)39(25)56)51-40(57)22-10-23(11-22)62-19-48-34(54)15-47-41(58)31(9-21-5-3-2-4-6-21)49-35(55)16-46-33(53)14-45/h2-6,12-13,22-23,29,31,39,56H,7-11,14-19,45H2,1H3,(H,46,53)(H,47,58)(H,48,54)(H,49,55)(H,51,57)/t22-,23+,29-,31-,39-/m0/s1. The van der Waals surface area contributed by atoms with E-state index in [-0.39, 0.29) is 68.4 Å². The predicted octanol–water partition coefficient (Wildman–Crippen LogP) is -0.146. The van der Waals surface area contributed by atoms with Gasteiger partial charge in [-0.15, -0.1) is 0 Å². The molecule has 18 nitrogen and oxygen atoms in total. The number of ether oxygens (including phenoxy) is 2. The van der Waals surface area contributed by atoms with Gasteiger partial charge in [-0.1, -0.05) is 30.3 Å². The van der Waals surface area contributed by atoms with Gasteiger partial charge in [-0.3, -0.25) is 28.8 Å². The summed E-state index contributed by atoms with van der Waals surface area (Å²) in [6.45, 7) is 0.318. The molecule has 62 heavy (non-hydrogen) atoms. The third-order valence-corrected chi connectivity index (χ3v) is 12.0. The number of carbonyl (C=O) groups excluding carboxylic acids is 6. The molecule has 19 heteroatoms. The lowest BCUT2D eigenvalue weighted by atomic mass is 9.79. The Morgan fingerprint density at radius 2 is 1.76 bits per heavy atom. The van der Waals surface area contributed by atoms with Crippen LogP contribution in [0.5, 0.6) is 0 Å². The number of cyclic esters (lactones) is 1. The second kappa shape index (κ2) is 17.4. The zero-order chi connectivity index (χ0) is 43.8. The van der Waals surface area contributed by atoms with Gasteiger partial charge >= 0.3 is 5.97 Å². The number of fused-ring (bicyclic) bond motifs is 5. The Labute approximate surface area is 353 Å². The number of halogens is 1. The largest absolute Gasteiger partial charge is 0.458 e. The Kier molecular flexibility index (Phi) is 11.8. The first kappa shape index (κ1) is 42.1. The normalized spacial score (nSPS) is 19.8. The van der Waals surface area contributed by atoms with Crippen LogP contribution < -0.4 is 37.9 Å². The van der Waals surface area contributed by atoms with Crippen LogP contribution in [0.15, 0.2) is 47.3 Å². The third kappa shape index (κ3) is 8.25. The summed E-state index contributed by atoms with van der Waals surface area (Å²) in [5.74, 6) is -4.16. The summed E-state index contributed by atoms with van der Waals surface area (Å²) in [6, 6.07) is 10.4. The van der Waals surface area contributed by atoms with Crippen LogP contribution >= 0.6 is 0 Å². The molecule has 2 aromatic carbocycles. The SMILES string of the molecule is Cc1c(F)cc2nc3c(c4c2c1CC[C@@H]4NC(=O)[C@H]1C[C@@H](OCNC(=O)CNC(=O)[C@H](Cc2ccccc2)NC(=O)CNC(=O)CN)C1)Cn1c-3cc2c(c1=O)COC(=O)[C@H]2O. The van der Waals surface area contributed by atoms with E-state index < -0.39 is 65.7 Å². The van der Waals surface area contributed by atoms with Crippen LogP contribution in [0, 0.1) is 18.7 Å². The highest BCUT2D eigenvalue weighted by Gasteiger charge is 2.40. The highest BCUT2D eigenvalue weighted by atomic mass is 19.1. The van der Waals surface area contributed by atoms with E-state index in [2.05, 4.69) is 26.6 Å². The van der Waals surface area contributed by atoms with E-state index in [1.165, 1.54) is 10.6 Å². The zero-order valence-corrected chi connectivity index (χ0v) is 33.7. The Morgan fingerprint density at radius 1 is 1.00 bits per heavy atom. The molecule has 0 spiro atoms. The van der Waals surface area contributed by atoms with Crippen LogP contribution in [-0.4, -0.2) is 88.7 Å². The minimum atomic E-state index is -1.63. The molecule has 2 aromatic heterocycles. The summed E-state index contributed by atoms with van der Waals surface area (Å²) < 4.78 is 27.6. The first-order chi connectivity index (χ1) is 29.8. The van der Waals surface area contributed by atoms with Gasteiger partial charge in [-0.25, -0.2) is 14.2 Å². The molecule has 0 saturated heterocycles. The highest BCUT2D eigenvalue weighted by Crippen LogP contribution is 2.45. The van der Waals surface area contributed by atoms with E-state index >= 15 is 4.39 Å². The second-order valence-corrected chi connectivity index (χ2v) is 15.9. The monoisotopic (exact) mass is 852 g/mol. The van der Waals surface area contributed by atoms with E-state index in [9.17, 15) is 38.7 Å². The van der Waals surface area contributed by atoms with Gasteiger partial charge in [0.05, 0.1) is 60.8 Å². The summed E-state index contributed by atoms with van der Waals surface area (Å²) in [7, 11) is 0. The van der Waals surface area contributed by atoms with Crippen molar-refractivity contribution in [1.29, 1.82) is 0 Å². The van der Waals surface area contributed by atoms with Crippen LogP contribution in [-0.2, 0) is 64.2 Å². The number of aromatic nitrogens is 2. The van der Waals surface area contributed by atoms with Gasteiger partial charge in [0.1, 0.15) is 25.2 Å². The number of aliphatic hydroxyl groups excluding tert-OH is 1. The number of nitrogens with two attached hydrogens (primary N) is 1. The Balaban J connectivity index is 0.868. The molecule has 0 unspecified atom stereocenters. The van der Waals surface area contributed by atoms with E-state index in [1.54, 1.807) is 37.3 Å². The van der Waals surface area contributed by atoms with Gasteiger partial charge < -0.3 is 51.5 Å². The molecule has 4 aliphatic rings. The van der Waals surface area contributed by atoms with Gasteiger partial charge in [0.15, 0.2) is 6.10 Å². The number of amides is 5. The van der Waals surface area contributed by atoms with Gasteiger partial charge in [0.2, 0.25) is 29.5 Å².